The van der Waals surface area contributed by atoms with Gasteiger partial charge < -0.3 is 18.8 Å². The van der Waals surface area contributed by atoms with Crippen LogP contribution in [0.4, 0.5) is 0 Å². The van der Waals surface area contributed by atoms with Crippen LogP contribution < -0.4 is 0 Å². The summed E-state index contributed by atoms with van der Waals surface area (Å²) in [7, 11) is 0. The molecular formula is C20H28N2O6. The van der Waals surface area contributed by atoms with Crippen LogP contribution in [-0.2, 0) is 41.6 Å². The van der Waals surface area contributed by atoms with E-state index in [2.05, 4.69) is 18.1 Å². The zero-order valence-corrected chi connectivity index (χ0v) is 16.5. The lowest BCUT2D eigenvalue weighted by molar-refractivity contribution is -0.158. The van der Waals surface area contributed by atoms with Crippen molar-refractivity contribution >= 4 is 17.9 Å². The first-order valence-corrected chi connectivity index (χ1v) is 9.13. The van der Waals surface area contributed by atoms with E-state index in [9.17, 15) is 14.4 Å². The zero-order valence-electron chi connectivity index (χ0n) is 16.5. The number of aryl methyl sites for hydroxylation is 2. The second-order valence-corrected chi connectivity index (χ2v) is 6.28. The summed E-state index contributed by atoms with van der Waals surface area (Å²) < 4.78 is 17.5. The Morgan fingerprint density at radius 3 is 2.14 bits per heavy atom. The highest BCUT2D eigenvalue weighted by Crippen LogP contribution is 2.24. The Kier molecular flexibility index (Phi) is 9.70. The average molecular weight is 392 g/mol. The third kappa shape index (κ3) is 7.38. The van der Waals surface area contributed by atoms with Gasteiger partial charge >= 0.3 is 17.9 Å². The molecule has 1 heterocycles. The third-order valence-electron chi connectivity index (χ3n) is 4.34. The molecule has 0 saturated carbocycles. The SMILES string of the molecule is C=CC(=O)OCC(CC)(COC(=O)C=C)COC(=O)CCn1ccnc1CC. The highest BCUT2D eigenvalue weighted by Gasteiger charge is 2.33. The summed E-state index contributed by atoms with van der Waals surface area (Å²) in [6.07, 6.45) is 6.97. The average Bonchev–Trinajstić information content (AvgIpc) is 3.19. The maximum absolute atomic E-state index is 12.2. The van der Waals surface area contributed by atoms with Crippen molar-refractivity contribution in [1.82, 2.24) is 9.55 Å². The summed E-state index contributed by atoms with van der Waals surface area (Å²) in [6.45, 7) is 10.8. The summed E-state index contributed by atoms with van der Waals surface area (Å²) in [5.74, 6) is -0.722. The molecule has 0 amide bonds. The molecule has 0 aliphatic rings. The number of aromatic nitrogens is 2. The van der Waals surface area contributed by atoms with E-state index in [4.69, 9.17) is 14.2 Å². The van der Waals surface area contributed by atoms with Crippen molar-refractivity contribution in [2.75, 3.05) is 19.8 Å². The Bertz CT molecular complexity index is 671. The number of hydrogen-bond acceptors (Lipinski definition) is 7. The molecule has 0 radical (unpaired) electrons. The molecule has 0 atom stereocenters. The number of ether oxygens (including phenoxy) is 3. The molecule has 0 fully saturated rings. The molecule has 0 aromatic carbocycles. The lowest BCUT2D eigenvalue weighted by Crippen LogP contribution is -2.39. The van der Waals surface area contributed by atoms with Crippen molar-refractivity contribution < 1.29 is 28.6 Å². The highest BCUT2D eigenvalue weighted by atomic mass is 16.6. The van der Waals surface area contributed by atoms with Gasteiger partial charge in [-0.3, -0.25) is 4.79 Å². The fraction of sp³-hybridized carbons (Fsp3) is 0.500. The van der Waals surface area contributed by atoms with Crippen LogP contribution >= 0.6 is 0 Å². The van der Waals surface area contributed by atoms with E-state index in [0.29, 0.717) is 13.0 Å². The summed E-state index contributed by atoms with van der Waals surface area (Å²) >= 11 is 0. The fourth-order valence-electron chi connectivity index (χ4n) is 2.37. The molecule has 1 rings (SSSR count). The summed E-state index contributed by atoms with van der Waals surface area (Å²) in [5.41, 5.74) is -0.851. The number of rotatable bonds is 13. The minimum Gasteiger partial charge on any atom is -0.465 e. The smallest absolute Gasteiger partial charge is 0.330 e. The Hall–Kier alpha value is -2.90. The first-order valence-electron chi connectivity index (χ1n) is 9.13. The van der Waals surface area contributed by atoms with Crippen molar-refractivity contribution in [2.24, 2.45) is 5.41 Å². The van der Waals surface area contributed by atoms with Gasteiger partial charge in [0.15, 0.2) is 0 Å². The second-order valence-electron chi connectivity index (χ2n) is 6.28. The zero-order chi connectivity index (χ0) is 21.0. The molecule has 0 spiro atoms. The molecule has 8 nitrogen and oxygen atoms in total. The molecule has 0 bridgehead atoms. The van der Waals surface area contributed by atoms with Gasteiger partial charge in [0.2, 0.25) is 0 Å². The van der Waals surface area contributed by atoms with Crippen molar-refractivity contribution in [1.29, 1.82) is 0 Å². The first kappa shape index (κ1) is 23.1. The van der Waals surface area contributed by atoms with Gasteiger partial charge in [-0.25, -0.2) is 14.6 Å². The molecular weight excluding hydrogens is 364 g/mol. The fourth-order valence-corrected chi connectivity index (χ4v) is 2.37. The van der Waals surface area contributed by atoms with Crippen molar-refractivity contribution in [2.45, 2.75) is 39.7 Å². The minimum atomic E-state index is -0.851. The molecule has 1 aromatic heterocycles. The molecule has 0 saturated heterocycles. The maximum atomic E-state index is 12.2. The number of carbonyl (C=O) groups is 3. The van der Waals surface area contributed by atoms with Crippen LogP contribution in [0, 0.1) is 5.41 Å². The minimum absolute atomic E-state index is 0.0538. The van der Waals surface area contributed by atoms with Gasteiger partial charge in [-0.05, 0) is 6.42 Å². The van der Waals surface area contributed by atoms with E-state index in [1.165, 1.54) is 0 Å². The van der Waals surface area contributed by atoms with Crippen LogP contribution in [0.2, 0.25) is 0 Å². The van der Waals surface area contributed by atoms with E-state index >= 15 is 0 Å². The highest BCUT2D eigenvalue weighted by molar-refractivity contribution is 5.81. The van der Waals surface area contributed by atoms with Gasteiger partial charge in [-0.1, -0.05) is 27.0 Å². The van der Waals surface area contributed by atoms with Crippen LogP contribution in [0.3, 0.4) is 0 Å². The monoisotopic (exact) mass is 392 g/mol. The van der Waals surface area contributed by atoms with E-state index in [1.54, 1.807) is 6.20 Å². The molecule has 1 aromatic rings. The summed E-state index contributed by atoms with van der Waals surface area (Å²) in [5, 5.41) is 0. The second kappa shape index (κ2) is 11.7. The lowest BCUT2D eigenvalue weighted by Gasteiger charge is -2.30. The van der Waals surface area contributed by atoms with Crippen LogP contribution in [-0.4, -0.2) is 47.3 Å². The normalized spacial score (nSPS) is 10.8. The molecule has 0 unspecified atom stereocenters. The number of nitrogens with zero attached hydrogens (tertiary/aromatic N) is 2. The number of esters is 3. The van der Waals surface area contributed by atoms with E-state index < -0.39 is 23.3 Å². The van der Waals surface area contributed by atoms with Crippen molar-refractivity contribution in [3.8, 4) is 0 Å². The van der Waals surface area contributed by atoms with Crippen molar-refractivity contribution in [3.63, 3.8) is 0 Å². The third-order valence-corrected chi connectivity index (χ3v) is 4.34. The van der Waals surface area contributed by atoms with Gasteiger partial charge in [-0.2, -0.15) is 0 Å². The van der Waals surface area contributed by atoms with Gasteiger partial charge in [0, 0.05) is 37.5 Å². The molecule has 0 aliphatic carbocycles. The molecule has 154 valence electrons. The van der Waals surface area contributed by atoms with Gasteiger partial charge in [-0.15, -0.1) is 0 Å². The Morgan fingerprint density at radius 2 is 1.64 bits per heavy atom. The largest absolute Gasteiger partial charge is 0.465 e. The van der Waals surface area contributed by atoms with Gasteiger partial charge in [0.1, 0.15) is 25.6 Å². The van der Waals surface area contributed by atoms with Crippen LogP contribution in [0.25, 0.3) is 0 Å². The summed E-state index contributed by atoms with van der Waals surface area (Å²) in [6, 6.07) is 0. The van der Waals surface area contributed by atoms with Gasteiger partial charge in [0.25, 0.3) is 0 Å². The first-order chi connectivity index (χ1) is 13.4. The van der Waals surface area contributed by atoms with E-state index in [-0.39, 0.29) is 26.2 Å². The Labute approximate surface area is 165 Å². The van der Waals surface area contributed by atoms with Crippen LogP contribution in [0.5, 0.6) is 0 Å². The molecule has 28 heavy (non-hydrogen) atoms. The van der Waals surface area contributed by atoms with E-state index in [0.717, 1.165) is 24.4 Å². The predicted octanol–water partition coefficient (Wildman–Crippen LogP) is 2.23. The Balaban J connectivity index is 2.67. The van der Waals surface area contributed by atoms with E-state index in [1.807, 2.05) is 24.6 Å². The molecule has 8 heteroatoms. The Morgan fingerprint density at radius 1 is 1.07 bits per heavy atom. The van der Waals surface area contributed by atoms with Gasteiger partial charge in [0.05, 0.1) is 11.8 Å². The number of carbonyl (C=O) groups excluding carboxylic acids is 3. The topological polar surface area (TPSA) is 96.7 Å². The molecule has 0 N–H and O–H groups in total. The van der Waals surface area contributed by atoms with Crippen LogP contribution in [0.1, 0.15) is 32.5 Å². The summed E-state index contributed by atoms with van der Waals surface area (Å²) in [4.78, 5) is 39.2. The predicted molar refractivity (Wildman–Crippen MR) is 102 cm³/mol. The van der Waals surface area contributed by atoms with Crippen molar-refractivity contribution in [3.05, 3.63) is 43.5 Å². The maximum Gasteiger partial charge on any atom is 0.330 e. The molecule has 0 aliphatic heterocycles. The lowest BCUT2D eigenvalue weighted by atomic mass is 9.88. The number of hydrogen-bond donors (Lipinski definition) is 0. The quantitative estimate of drug-likeness (QED) is 0.288. The standard InChI is InChI=1S/C20H28N2O6/c1-5-16-21-10-12-22(16)11-9-19(25)28-15-20(8-4,13-26-17(23)6-2)14-27-18(24)7-3/h6-7,10,12H,2-3,5,8-9,11,13-15H2,1,4H3. The number of imidazole rings is 1. The van der Waals surface area contributed by atoms with Crippen LogP contribution in [0.15, 0.2) is 37.7 Å².